The largest absolute Gasteiger partial charge is 0.371 e. The Morgan fingerprint density at radius 2 is 1.55 bits per heavy atom. The van der Waals surface area contributed by atoms with Crippen LogP contribution in [-0.4, -0.2) is 38.6 Å². The topological polar surface area (TPSA) is 52.8 Å². The monoisotopic (exact) mass is 316 g/mol. The third kappa shape index (κ3) is 4.90. The van der Waals surface area contributed by atoms with Gasteiger partial charge < -0.3 is 23.0 Å². The standard InChI is InChI=1S/C13H17O5PS/c20-19(17-9-12-7-14-12,18-10-13-8-15-13)16-6-11-4-2-1-3-5-11/h1-5,12-13H,6-10H2. The summed E-state index contributed by atoms with van der Waals surface area (Å²) < 4.78 is 27.3. The molecule has 7 heteroatoms. The second-order valence-electron chi connectivity index (χ2n) is 4.71. The Kier molecular flexibility index (Phi) is 4.83. The summed E-state index contributed by atoms with van der Waals surface area (Å²) in [7, 11) is 0. The lowest BCUT2D eigenvalue weighted by Crippen LogP contribution is -2.08. The van der Waals surface area contributed by atoms with Crippen LogP contribution in [0, 0.1) is 0 Å². The molecule has 0 N–H and O–H groups in total. The number of hydrogen-bond donors (Lipinski definition) is 0. The van der Waals surface area contributed by atoms with E-state index < -0.39 is 6.72 Å². The van der Waals surface area contributed by atoms with Gasteiger partial charge in [0.2, 0.25) is 0 Å². The predicted octanol–water partition coefficient (Wildman–Crippen LogP) is 2.26. The van der Waals surface area contributed by atoms with Gasteiger partial charge >= 0.3 is 6.72 Å². The van der Waals surface area contributed by atoms with Gasteiger partial charge in [-0.15, -0.1) is 0 Å². The molecule has 0 aromatic heterocycles. The van der Waals surface area contributed by atoms with Crippen molar-refractivity contribution in [2.24, 2.45) is 0 Å². The van der Waals surface area contributed by atoms with Gasteiger partial charge in [0.15, 0.2) is 0 Å². The van der Waals surface area contributed by atoms with Gasteiger partial charge in [-0.25, -0.2) is 0 Å². The first-order chi connectivity index (χ1) is 9.73. The maximum atomic E-state index is 5.74. The quantitative estimate of drug-likeness (QED) is 0.514. The molecule has 0 aliphatic carbocycles. The Morgan fingerprint density at radius 3 is 2.05 bits per heavy atom. The zero-order valence-electron chi connectivity index (χ0n) is 11.0. The first kappa shape index (κ1) is 14.6. The third-order valence-corrected chi connectivity index (χ3v) is 5.20. The Hall–Kier alpha value is -0.330. The number of benzene rings is 1. The summed E-state index contributed by atoms with van der Waals surface area (Å²) in [5.41, 5.74) is 1.04. The number of rotatable bonds is 9. The van der Waals surface area contributed by atoms with Crippen molar-refractivity contribution < 1.29 is 23.0 Å². The minimum absolute atomic E-state index is 0.137. The van der Waals surface area contributed by atoms with Gasteiger partial charge in [0, 0.05) is 0 Å². The van der Waals surface area contributed by atoms with E-state index in [-0.39, 0.29) is 12.2 Å². The SMILES string of the molecule is S=P(OCc1ccccc1)(OCC1CO1)OCC1CO1. The van der Waals surface area contributed by atoms with Crippen LogP contribution in [0.15, 0.2) is 30.3 Å². The molecule has 2 saturated heterocycles. The van der Waals surface area contributed by atoms with E-state index in [1.165, 1.54) is 0 Å². The average Bonchev–Trinajstić information content (AvgIpc) is 3.37. The van der Waals surface area contributed by atoms with Crippen molar-refractivity contribution in [3.05, 3.63) is 35.9 Å². The average molecular weight is 316 g/mol. The molecule has 2 aliphatic rings. The molecule has 1 aromatic carbocycles. The maximum Gasteiger partial charge on any atom is 0.327 e. The molecule has 2 heterocycles. The second-order valence-corrected chi connectivity index (χ2v) is 7.72. The highest BCUT2D eigenvalue weighted by Gasteiger charge is 2.31. The van der Waals surface area contributed by atoms with Crippen LogP contribution in [-0.2, 0) is 41.5 Å². The van der Waals surface area contributed by atoms with Crippen molar-refractivity contribution >= 4 is 18.5 Å². The van der Waals surface area contributed by atoms with Crippen LogP contribution >= 0.6 is 6.72 Å². The van der Waals surface area contributed by atoms with Crippen LogP contribution in [0.5, 0.6) is 0 Å². The summed E-state index contributed by atoms with van der Waals surface area (Å²) in [5, 5.41) is 0. The third-order valence-electron chi connectivity index (χ3n) is 2.87. The maximum absolute atomic E-state index is 5.74. The van der Waals surface area contributed by atoms with Crippen LogP contribution in [0.3, 0.4) is 0 Å². The molecule has 0 saturated carbocycles. The van der Waals surface area contributed by atoms with E-state index in [1.54, 1.807) is 0 Å². The van der Waals surface area contributed by atoms with Crippen molar-refractivity contribution in [1.29, 1.82) is 0 Å². The minimum atomic E-state index is -2.74. The van der Waals surface area contributed by atoms with Crippen LogP contribution in [0.4, 0.5) is 0 Å². The second kappa shape index (κ2) is 6.62. The molecule has 5 nitrogen and oxygen atoms in total. The molecule has 3 rings (SSSR count). The number of hydrogen-bond acceptors (Lipinski definition) is 6. The molecule has 0 spiro atoms. The fourth-order valence-electron chi connectivity index (χ4n) is 1.52. The van der Waals surface area contributed by atoms with E-state index in [2.05, 4.69) is 0 Å². The van der Waals surface area contributed by atoms with Crippen molar-refractivity contribution in [2.45, 2.75) is 18.8 Å². The van der Waals surface area contributed by atoms with E-state index in [0.29, 0.717) is 19.8 Å². The molecule has 0 amide bonds. The zero-order valence-corrected chi connectivity index (χ0v) is 12.7. The lowest BCUT2D eigenvalue weighted by molar-refractivity contribution is 0.135. The van der Waals surface area contributed by atoms with Gasteiger partial charge in [-0.1, -0.05) is 30.3 Å². The summed E-state index contributed by atoms with van der Waals surface area (Å²) in [6, 6.07) is 9.84. The van der Waals surface area contributed by atoms with Gasteiger partial charge in [-0.05, 0) is 17.4 Å². The lowest BCUT2D eigenvalue weighted by Gasteiger charge is -2.21. The van der Waals surface area contributed by atoms with Gasteiger partial charge in [0.25, 0.3) is 0 Å². The Labute approximate surface area is 123 Å². The van der Waals surface area contributed by atoms with E-state index in [4.69, 9.17) is 34.9 Å². The van der Waals surface area contributed by atoms with Gasteiger partial charge in [0.05, 0.1) is 33.0 Å². The molecular formula is C13H17O5PS. The molecule has 2 unspecified atom stereocenters. The Balaban J connectivity index is 1.53. The molecule has 2 fully saturated rings. The van der Waals surface area contributed by atoms with Gasteiger partial charge in [-0.3, -0.25) is 0 Å². The van der Waals surface area contributed by atoms with Gasteiger partial charge in [-0.2, -0.15) is 0 Å². The van der Waals surface area contributed by atoms with Crippen molar-refractivity contribution in [3.8, 4) is 0 Å². The summed E-state index contributed by atoms with van der Waals surface area (Å²) in [6.45, 7) is -0.0548. The Morgan fingerprint density at radius 1 is 1.00 bits per heavy atom. The molecule has 0 radical (unpaired) electrons. The zero-order chi connectivity index (χ0) is 13.8. The lowest BCUT2D eigenvalue weighted by atomic mass is 10.2. The fraction of sp³-hybridized carbons (Fsp3) is 0.538. The number of ether oxygens (including phenoxy) is 2. The minimum Gasteiger partial charge on any atom is -0.371 e. The van der Waals surface area contributed by atoms with Crippen LogP contribution in [0.2, 0.25) is 0 Å². The van der Waals surface area contributed by atoms with E-state index in [0.717, 1.165) is 18.8 Å². The van der Waals surface area contributed by atoms with E-state index in [9.17, 15) is 0 Å². The Bertz CT molecular complexity index is 455. The smallest absolute Gasteiger partial charge is 0.327 e. The van der Waals surface area contributed by atoms with Crippen molar-refractivity contribution in [2.75, 3.05) is 26.4 Å². The van der Waals surface area contributed by atoms with Gasteiger partial charge in [0.1, 0.15) is 12.2 Å². The summed E-state index contributed by atoms with van der Waals surface area (Å²) >= 11 is 5.43. The van der Waals surface area contributed by atoms with E-state index >= 15 is 0 Å². The van der Waals surface area contributed by atoms with Crippen LogP contribution < -0.4 is 0 Å². The highest BCUT2D eigenvalue weighted by molar-refractivity contribution is 8.07. The fourth-order valence-corrected chi connectivity index (χ4v) is 3.27. The van der Waals surface area contributed by atoms with E-state index in [1.807, 2.05) is 30.3 Å². The molecule has 0 bridgehead atoms. The highest BCUT2D eigenvalue weighted by Crippen LogP contribution is 2.51. The normalized spacial score (nSPS) is 27.0. The predicted molar refractivity (Wildman–Crippen MR) is 76.9 cm³/mol. The van der Waals surface area contributed by atoms with Crippen molar-refractivity contribution in [3.63, 3.8) is 0 Å². The number of epoxide rings is 2. The first-order valence-corrected chi connectivity index (χ1v) is 9.10. The highest BCUT2D eigenvalue weighted by atomic mass is 32.5. The summed E-state index contributed by atoms with van der Waals surface area (Å²) in [4.78, 5) is 0. The van der Waals surface area contributed by atoms with Crippen LogP contribution in [0.25, 0.3) is 0 Å². The first-order valence-electron chi connectivity index (χ1n) is 6.54. The summed E-state index contributed by atoms with van der Waals surface area (Å²) in [6.07, 6.45) is 0.275. The van der Waals surface area contributed by atoms with Crippen LogP contribution in [0.1, 0.15) is 5.56 Å². The van der Waals surface area contributed by atoms with Crippen molar-refractivity contribution in [1.82, 2.24) is 0 Å². The molecule has 20 heavy (non-hydrogen) atoms. The molecule has 110 valence electrons. The molecule has 1 aromatic rings. The molecule has 2 atom stereocenters. The summed E-state index contributed by atoms with van der Waals surface area (Å²) in [5.74, 6) is 0. The molecule has 2 aliphatic heterocycles. The molecular weight excluding hydrogens is 299 g/mol.